The Morgan fingerprint density at radius 3 is 2.41 bits per heavy atom. The van der Waals surface area contributed by atoms with Crippen LogP contribution >= 0.6 is 0 Å². The molecule has 0 fully saturated rings. The third kappa shape index (κ3) is 6.19. The van der Waals surface area contributed by atoms with Crippen LogP contribution in [0.15, 0.2) is 30.3 Å². The molecule has 0 spiro atoms. The van der Waals surface area contributed by atoms with Crippen molar-refractivity contribution < 1.29 is 9.59 Å². The van der Waals surface area contributed by atoms with Crippen LogP contribution in [0.2, 0.25) is 0 Å². The second-order valence-electron chi connectivity index (χ2n) is 3.61. The minimum absolute atomic E-state index is 0.0952. The first kappa shape index (κ1) is 13.0. The number of carbonyl (C=O) groups excluding carboxylic acids is 2. The number of nitrogens with two attached hydrogens (primary N) is 1. The molecule has 0 bridgehead atoms. The lowest BCUT2D eigenvalue weighted by molar-refractivity contribution is -0.124. The topological polar surface area (TPSA) is 84.2 Å². The van der Waals surface area contributed by atoms with E-state index in [4.69, 9.17) is 5.73 Å². The number of nitrogens with one attached hydrogen (secondary N) is 2. The van der Waals surface area contributed by atoms with E-state index in [0.29, 0.717) is 13.1 Å². The Kier molecular flexibility index (Phi) is 5.57. The Bertz CT molecular complexity index is 365. The molecular formula is C12H17N3O2. The number of hydrogen-bond donors (Lipinski definition) is 3. The molecular weight excluding hydrogens is 218 g/mol. The van der Waals surface area contributed by atoms with Crippen molar-refractivity contribution in [3.05, 3.63) is 30.3 Å². The van der Waals surface area contributed by atoms with Gasteiger partial charge in [-0.1, -0.05) is 18.2 Å². The number of benzene rings is 1. The van der Waals surface area contributed by atoms with Crippen LogP contribution in [0.1, 0.15) is 12.8 Å². The van der Waals surface area contributed by atoms with Crippen LogP contribution in [0, 0.1) is 0 Å². The standard InChI is InChI=1S/C12H17N3O2/c13-11(16)6-7-12(17)15-9-8-14-10-4-2-1-3-5-10/h1-5,14H,6-9H2,(H2,13,16)(H,15,17). The molecule has 0 unspecified atom stereocenters. The van der Waals surface area contributed by atoms with Gasteiger partial charge in [0.15, 0.2) is 0 Å². The molecule has 0 saturated heterocycles. The maximum absolute atomic E-state index is 11.2. The molecule has 5 heteroatoms. The number of para-hydroxylation sites is 1. The van der Waals surface area contributed by atoms with Crippen molar-refractivity contribution in [3.63, 3.8) is 0 Å². The number of carbonyl (C=O) groups is 2. The van der Waals surface area contributed by atoms with Gasteiger partial charge in [0.2, 0.25) is 11.8 Å². The zero-order valence-electron chi connectivity index (χ0n) is 9.61. The van der Waals surface area contributed by atoms with E-state index in [9.17, 15) is 9.59 Å². The number of primary amides is 1. The van der Waals surface area contributed by atoms with Gasteiger partial charge in [-0.15, -0.1) is 0 Å². The summed E-state index contributed by atoms with van der Waals surface area (Å²) in [5, 5.41) is 5.86. The van der Waals surface area contributed by atoms with Crippen molar-refractivity contribution in [1.82, 2.24) is 5.32 Å². The fourth-order valence-corrected chi connectivity index (χ4v) is 1.29. The third-order valence-electron chi connectivity index (χ3n) is 2.15. The first-order valence-electron chi connectivity index (χ1n) is 5.52. The Labute approximate surface area is 100 Å². The molecule has 92 valence electrons. The van der Waals surface area contributed by atoms with Gasteiger partial charge in [-0.05, 0) is 12.1 Å². The quantitative estimate of drug-likeness (QED) is 0.601. The van der Waals surface area contributed by atoms with Crippen molar-refractivity contribution in [3.8, 4) is 0 Å². The molecule has 0 radical (unpaired) electrons. The van der Waals surface area contributed by atoms with Crippen LogP contribution in [0.5, 0.6) is 0 Å². The first-order chi connectivity index (χ1) is 8.18. The summed E-state index contributed by atoms with van der Waals surface area (Å²) >= 11 is 0. The van der Waals surface area contributed by atoms with E-state index in [-0.39, 0.29) is 18.7 Å². The van der Waals surface area contributed by atoms with E-state index >= 15 is 0 Å². The maximum atomic E-state index is 11.2. The summed E-state index contributed by atoms with van der Waals surface area (Å²) in [5.41, 5.74) is 5.95. The van der Waals surface area contributed by atoms with Crippen molar-refractivity contribution in [1.29, 1.82) is 0 Å². The molecule has 1 aromatic rings. The lowest BCUT2D eigenvalue weighted by Crippen LogP contribution is -2.29. The van der Waals surface area contributed by atoms with Crippen molar-refractivity contribution in [2.45, 2.75) is 12.8 Å². The van der Waals surface area contributed by atoms with Gasteiger partial charge >= 0.3 is 0 Å². The molecule has 1 aromatic carbocycles. The van der Waals surface area contributed by atoms with E-state index < -0.39 is 5.91 Å². The number of anilines is 1. The van der Waals surface area contributed by atoms with Gasteiger partial charge in [0.05, 0.1) is 0 Å². The van der Waals surface area contributed by atoms with Crippen LogP contribution in [-0.2, 0) is 9.59 Å². The molecule has 0 aromatic heterocycles. The zero-order valence-corrected chi connectivity index (χ0v) is 9.61. The molecule has 4 N–H and O–H groups in total. The van der Waals surface area contributed by atoms with E-state index in [1.54, 1.807) is 0 Å². The highest BCUT2D eigenvalue weighted by molar-refractivity contribution is 5.82. The summed E-state index contributed by atoms with van der Waals surface area (Å²) in [6, 6.07) is 9.72. The first-order valence-corrected chi connectivity index (χ1v) is 5.52. The fourth-order valence-electron chi connectivity index (χ4n) is 1.29. The average molecular weight is 235 g/mol. The van der Waals surface area contributed by atoms with Crippen molar-refractivity contribution in [2.24, 2.45) is 5.73 Å². The predicted molar refractivity (Wildman–Crippen MR) is 66.4 cm³/mol. The van der Waals surface area contributed by atoms with Gasteiger partial charge in [0.25, 0.3) is 0 Å². The third-order valence-corrected chi connectivity index (χ3v) is 2.15. The van der Waals surface area contributed by atoms with Gasteiger partial charge in [-0.2, -0.15) is 0 Å². The fraction of sp³-hybridized carbons (Fsp3) is 0.333. The number of hydrogen-bond acceptors (Lipinski definition) is 3. The van der Waals surface area contributed by atoms with Crippen LogP contribution in [-0.4, -0.2) is 24.9 Å². The average Bonchev–Trinajstić information content (AvgIpc) is 2.33. The molecule has 0 saturated carbocycles. The highest BCUT2D eigenvalue weighted by Gasteiger charge is 2.02. The summed E-state index contributed by atoms with van der Waals surface area (Å²) in [6.07, 6.45) is 0.249. The van der Waals surface area contributed by atoms with E-state index in [0.717, 1.165) is 5.69 Å². The molecule has 1 rings (SSSR count). The van der Waals surface area contributed by atoms with Crippen molar-refractivity contribution >= 4 is 17.5 Å². The SMILES string of the molecule is NC(=O)CCC(=O)NCCNc1ccccc1. The highest BCUT2D eigenvalue weighted by atomic mass is 16.2. The van der Waals surface area contributed by atoms with Crippen LogP contribution in [0.25, 0.3) is 0 Å². The van der Waals surface area contributed by atoms with E-state index in [2.05, 4.69) is 10.6 Å². The molecule has 17 heavy (non-hydrogen) atoms. The Morgan fingerprint density at radius 1 is 1.06 bits per heavy atom. The number of rotatable bonds is 7. The minimum Gasteiger partial charge on any atom is -0.383 e. The van der Waals surface area contributed by atoms with Gasteiger partial charge in [0.1, 0.15) is 0 Å². The van der Waals surface area contributed by atoms with Gasteiger partial charge in [0, 0.05) is 31.6 Å². The minimum atomic E-state index is -0.456. The van der Waals surface area contributed by atoms with Crippen molar-refractivity contribution in [2.75, 3.05) is 18.4 Å². The van der Waals surface area contributed by atoms with Crippen LogP contribution in [0.3, 0.4) is 0 Å². The van der Waals surface area contributed by atoms with Gasteiger partial charge in [-0.25, -0.2) is 0 Å². The molecule has 0 heterocycles. The lowest BCUT2D eigenvalue weighted by Gasteiger charge is -2.07. The second-order valence-corrected chi connectivity index (χ2v) is 3.61. The molecule has 0 aliphatic heterocycles. The highest BCUT2D eigenvalue weighted by Crippen LogP contribution is 2.03. The Hall–Kier alpha value is -2.04. The molecule has 0 aliphatic carbocycles. The molecule has 2 amide bonds. The number of amides is 2. The summed E-state index contributed by atoms with van der Waals surface area (Å²) in [5.74, 6) is -0.610. The molecule has 0 aliphatic rings. The molecule has 5 nitrogen and oxygen atoms in total. The van der Waals surface area contributed by atoms with Crippen LogP contribution in [0.4, 0.5) is 5.69 Å². The van der Waals surface area contributed by atoms with Gasteiger partial charge < -0.3 is 16.4 Å². The maximum Gasteiger partial charge on any atom is 0.220 e. The Morgan fingerprint density at radius 2 is 1.76 bits per heavy atom. The normalized spacial score (nSPS) is 9.65. The molecule has 0 atom stereocenters. The zero-order chi connectivity index (χ0) is 12.5. The van der Waals surface area contributed by atoms with Crippen LogP contribution < -0.4 is 16.4 Å². The lowest BCUT2D eigenvalue weighted by atomic mass is 10.3. The summed E-state index contributed by atoms with van der Waals surface area (Å²) in [7, 11) is 0. The second kappa shape index (κ2) is 7.27. The summed E-state index contributed by atoms with van der Waals surface area (Å²) < 4.78 is 0. The summed E-state index contributed by atoms with van der Waals surface area (Å²) in [4.78, 5) is 21.7. The monoisotopic (exact) mass is 235 g/mol. The largest absolute Gasteiger partial charge is 0.383 e. The van der Waals surface area contributed by atoms with E-state index in [1.807, 2.05) is 30.3 Å². The van der Waals surface area contributed by atoms with Gasteiger partial charge in [-0.3, -0.25) is 9.59 Å². The smallest absolute Gasteiger partial charge is 0.220 e. The Balaban J connectivity index is 2.08. The summed E-state index contributed by atoms with van der Waals surface area (Å²) in [6.45, 7) is 1.17. The predicted octanol–water partition coefficient (Wildman–Crippen LogP) is 0.480. The van der Waals surface area contributed by atoms with E-state index in [1.165, 1.54) is 0 Å².